The van der Waals surface area contributed by atoms with Gasteiger partial charge in [-0.2, -0.15) is 5.26 Å². The average Bonchev–Trinajstić information content (AvgIpc) is 2.59. The van der Waals surface area contributed by atoms with Crippen LogP contribution in [0.2, 0.25) is 5.02 Å². The highest BCUT2D eigenvalue weighted by Crippen LogP contribution is 2.22. The standard InChI is InChI=1S/C17H14ClN3O2/c1-20-16(22)11-5-4-6-12(9-11)17(23)21-15(10-19)13-7-2-3-8-14(13)18/h2-9,15H,1H3,(H,20,22)(H,21,23)/t15-/m0/s1. The summed E-state index contributed by atoms with van der Waals surface area (Å²) in [6.07, 6.45) is 0. The number of amides is 2. The molecule has 5 nitrogen and oxygen atoms in total. The quantitative estimate of drug-likeness (QED) is 0.905. The third-order valence-electron chi connectivity index (χ3n) is 3.23. The van der Waals surface area contributed by atoms with Gasteiger partial charge in [-0.05, 0) is 24.3 Å². The molecule has 116 valence electrons. The number of nitriles is 1. The summed E-state index contributed by atoms with van der Waals surface area (Å²) in [7, 11) is 1.51. The summed E-state index contributed by atoms with van der Waals surface area (Å²) < 4.78 is 0. The molecule has 0 aliphatic heterocycles. The number of carbonyl (C=O) groups excluding carboxylic acids is 2. The molecule has 0 heterocycles. The maximum atomic E-state index is 12.3. The first-order chi connectivity index (χ1) is 11.1. The molecular formula is C17H14ClN3O2. The van der Waals surface area contributed by atoms with Crippen molar-refractivity contribution in [3.8, 4) is 6.07 Å². The van der Waals surface area contributed by atoms with Crippen molar-refractivity contribution in [1.82, 2.24) is 10.6 Å². The van der Waals surface area contributed by atoms with E-state index >= 15 is 0 Å². The monoisotopic (exact) mass is 327 g/mol. The minimum Gasteiger partial charge on any atom is -0.355 e. The van der Waals surface area contributed by atoms with E-state index in [1.54, 1.807) is 42.5 Å². The maximum absolute atomic E-state index is 12.3. The largest absolute Gasteiger partial charge is 0.355 e. The Morgan fingerprint density at radius 3 is 2.35 bits per heavy atom. The van der Waals surface area contributed by atoms with Crippen molar-refractivity contribution in [2.75, 3.05) is 7.05 Å². The minimum atomic E-state index is -0.875. The molecule has 0 bridgehead atoms. The third-order valence-corrected chi connectivity index (χ3v) is 3.58. The molecule has 0 spiro atoms. The van der Waals surface area contributed by atoms with Crippen molar-refractivity contribution < 1.29 is 9.59 Å². The van der Waals surface area contributed by atoms with Crippen molar-refractivity contribution in [2.24, 2.45) is 0 Å². The molecule has 6 heteroatoms. The molecule has 1 atom stereocenters. The Morgan fingerprint density at radius 1 is 1.09 bits per heavy atom. The summed E-state index contributed by atoms with van der Waals surface area (Å²) in [4.78, 5) is 23.9. The first-order valence-corrected chi connectivity index (χ1v) is 7.21. The Labute approximate surface area is 138 Å². The van der Waals surface area contributed by atoms with Gasteiger partial charge in [-0.15, -0.1) is 0 Å². The molecule has 0 saturated heterocycles. The van der Waals surface area contributed by atoms with Crippen LogP contribution >= 0.6 is 11.6 Å². The van der Waals surface area contributed by atoms with Crippen LogP contribution in [0.5, 0.6) is 0 Å². The summed E-state index contributed by atoms with van der Waals surface area (Å²) in [5.74, 6) is -0.746. The highest BCUT2D eigenvalue weighted by Gasteiger charge is 2.18. The number of carbonyl (C=O) groups is 2. The molecule has 0 aliphatic carbocycles. The van der Waals surface area contributed by atoms with Gasteiger partial charge < -0.3 is 10.6 Å². The Hall–Kier alpha value is -2.84. The summed E-state index contributed by atoms with van der Waals surface area (Å²) in [5, 5.41) is 14.8. The lowest BCUT2D eigenvalue weighted by Gasteiger charge is -2.13. The van der Waals surface area contributed by atoms with E-state index in [2.05, 4.69) is 10.6 Å². The molecule has 2 rings (SSSR count). The summed E-state index contributed by atoms with van der Waals surface area (Å²) >= 11 is 6.06. The molecule has 0 fully saturated rings. The summed E-state index contributed by atoms with van der Waals surface area (Å²) in [6, 6.07) is 14.2. The molecule has 2 amide bonds. The van der Waals surface area contributed by atoms with Gasteiger partial charge in [-0.25, -0.2) is 0 Å². The predicted octanol–water partition coefficient (Wildman–Crippen LogP) is 2.69. The van der Waals surface area contributed by atoms with Gasteiger partial charge in [0, 0.05) is 28.8 Å². The second kappa shape index (κ2) is 7.43. The van der Waals surface area contributed by atoms with Crippen molar-refractivity contribution >= 4 is 23.4 Å². The average molecular weight is 328 g/mol. The maximum Gasteiger partial charge on any atom is 0.252 e. The van der Waals surface area contributed by atoms with Crippen LogP contribution in [-0.4, -0.2) is 18.9 Å². The van der Waals surface area contributed by atoms with Gasteiger partial charge in [-0.1, -0.05) is 35.9 Å². The normalized spacial score (nSPS) is 11.2. The van der Waals surface area contributed by atoms with Gasteiger partial charge in [0.15, 0.2) is 0 Å². The van der Waals surface area contributed by atoms with Gasteiger partial charge in [0.05, 0.1) is 6.07 Å². The lowest BCUT2D eigenvalue weighted by atomic mass is 10.1. The molecule has 0 saturated carbocycles. The van der Waals surface area contributed by atoms with Crippen LogP contribution in [0.4, 0.5) is 0 Å². The molecule has 23 heavy (non-hydrogen) atoms. The highest BCUT2D eigenvalue weighted by atomic mass is 35.5. The Morgan fingerprint density at radius 2 is 1.74 bits per heavy atom. The fourth-order valence-corrected chi connectivity index (χ4v) is 2.29. The van der Waals surface area contributed by atoms with Crippen molar-refractivity contribution in [1.29, 1.82) is 5.26 Å². The summed E-state index contributed by atoms with van der Waals surface area (Å²) in [5.41, 5.74) is 1.18. The number of rotatable bonds is 4. The first kappa shape index (κ1) is 16.5. The number of nitrogens with zero attached hydrogens (tertiary/aromatic N) is 1. The molecule has 0 unspecified atom stereocenters. The van der Waals surface area contributed by atoms with Crippen LogP contribution in [0, 0.1) is 11.3 Å². The van der Waals surface area contributed by atoms with Crippen LogP contribution < -0.4 is 10.6 Å². The molecule has 0 radical (unpaired) electrons. The van der Waals surface area contributed by atoms with Crippen LogP contribution in [0.25, 0.3) is 0 Å². The van der Waals surface area contributed by atoms with E-state index in [-0.39, 0.29) is 5.91 Å². The molecule has 0 aromatic heterocycles. The van der Waals surface area contributed by atoms with Crippen LogP contribution in [0.3, 0.4) is 0 Å². The lowest BCUT2D eigenvalue weighted by Crippen LogP contribution is -2.28. The fraction of sp³-hybridized carbons (Fsp3) is 0.118. The van der Waals surface area contributed by atoms with E-state index in [9.17, 15) is 14.9 Å². The van der Waals surface area contributed by atoms with E-state index in [1.807, 2.05) is 6.07 Å². The molecular weight excluding hydrogens is 314 g/mol. The molecule has 0 aliphatic rings. The third kappa shape index (κ3) is 3.87. The van der Waals surface area contributed by atoms with Gasteiger partial charge in [-0.3, -0.25) is 9.59 Å². The zero-order chi connectivity index (χ0) is 16.8. The van der Waals surface area contributed by atoms with Crippen molar-refractivity contribution in [3.05, 3.63) is 70.2 Å². The number of hydrogen-bond acceptors (Lipinski definition) is 3. The Bertz CT molecular complexity index is 783. The Balaban J connectivity index is 2.23. The van der Waals surface area contributed by atoms with Gasteiger partial charge in [0.1, 0.15) is 6.04 Å². The lowest BCUT2D eigenvalue weighted by molar-refractivity contribution is 0.0945. The van der Waals surface area contributed by atoms with Crippen molar-refractivity contribution in [3.63, 3.8) is 0 Å². The number of halogens is 1. The van der Waals surface area contributed by atoms with Gasteiger partial charge in [0.2, 0.25) is 0 Å². The van der Waals surface area contributed by atoms with E-state index in [0.29, 0.717) is 21.7 Å². The molecule has 2 aromatic carbocycles. The van der Waals surface area contributed by atoms with Crippen LogP contribution in [0.15, 0.2) is 48.5 Å². The SMILES string of the molecule is CNC(=O)c1cccc(C(=O)N[C@@H](C#N)c2ccccc2Cl)c1. The van der Waals surface area contributed by atoms with Crippen LogP contribution in [-0.2, 0) is 0 Å². The highest BCUT2D eigenvalue weighted by molar-refractivity contribution is 6.31. The van der Waals surface area contributed by atoms with Gasteiger partial charge in [0.25, 0.3) is 11.8 Å². The second-order valence-electron chi connectivity index (χ2n) is 4.72. The summed E-state index contributed by atoms with van der Waals surface area (Å²) in [6.45, 7) is 0. The van der Waals surface area contributed by atoms with E-state index < -0.39 is 11.9 Å². The zero-order valence-corrected chi connectivity index (χ0v) is 13.1. The molecule has 2 N–H and O–H groups in total. The number of benzene rings is 2. The molecule has 2 aromatic rings. The smallest absolute Gasteiger partial charge is 0.252 e. The minimum absolute atomic E-state index is 0.289. The Kier molecular flexibility index (Phi) is 5.34. The van der Waals surface area contributed by atoms with E-state index in [0.717, 1.165) is 0 Å². The van der Waals surface area contributed by atoms with Gasteiger partial charge >= 0.3 is 0 Å². The second-order valence-corrected chi connectivity index (χ2v) is 5.12. The fourth-order valence-electron chi connectivity index (χ4n) is 2.05. The van der Waals surface area contributed by atoms with Crippen molar-refractivity contribution in [2.45, 2.75) is 6.04 Å². The topological polar surface area (TPSA) is 82.0 Å². The predicted molar refractivity (Wildman–Crippen MR) is 87.1 cm³/mol. The van der Waals surface area contributed by atoms with Crippen LogP contribution in [0.1, 0.15) is 32.3 Å². The zero-order valence-electron chi connectivity index (χ0n) is 12.3. The number of nitrogens with one attached hydrogen (secondary N) is 2. The number of hydrogen-bond donors (Lipinski definition) is 2. The van der Waals surface area contributed by atoms with E-state index in [4.69, 9.17) is 11.6 Å². The first-order valence-electron chi connectivity index (χ1n) is 6.84. The van der Waals surface area contributed by atoms with E-state index in [1.165, 1.54) is 13.1 Å².